The third-order valence-electron chi connectivity index (χ3n) is 4.52. The molecule has 4 aromatic rings. The van der Waals surface area contributed by atoms with Gasteiger partial charge in [-0.2, -0.15) is 0 Å². The molecule has 0 unspecified atom stereocenters. The number of aromatic nitrogens is 3. The van der Waals surface area contributed by atoms with Crippen molar-refractivity contribution in [2.45, 2.75) is 5.16 Å². The summed E-state index contributed by atoms with van der Waals surface area (Å²) in [6, 6.07) is 23.4. The minimum atomic E-state index is -0.503. The summed E-state index contributed by atoms with van der Waals surface area (Å²) in [6.07, 6.45) is 0. The molecule has 0 aliphatic carbocycles. The van der Waals surface area contributed by atoms with Gasteiger partial charge in [-0.3, -0.25) is 25.0 Å². The van der Waals surface area contributed by atoms with Crippen molar-refractivity contribution in [2.24, 2.45) is 0 Å². The second-order valence-electron chi connectivity index (χ2n) is 6.75. The van der Waals surface area contributed by atoms with E-state index >= 15 is 0 Å². The monoisotopic (exact) mass is 497 g/mol. The summed E-state index contributed by atoms with van der Waals surface area (Å²) in [6.45, 7) is 0. The maximum atomic E-state index is 12.3. The van der Waals surface area contributed by atoms with Gasteiger partial charge in [0, 0.05) is 16.3 Å². The second-order valence-corrected chi connectivity index (χ2v) is 8.54. The summed E-state index contributed by atoms with van der Waals surface area (Å²) < 4.78 is 1.86. The summed E-state index contributed by atoms with van der Waals surface area (Å²) >= 11 is 13.2. The van der Waals surface area contributed by atoms with Crippen LogP contribution in [0.15, 0.2) is 84.0 Å². The molecule has 0 bridgehead atoms. The Morgan fingerprint density at radius 1 is 0.848 bits per heavy atom. The zero-order valence-corrected chi connectivity index (χ0v) is 19.4. The van der Waals surface area contributed by atoms with Crippen LogP contribution < -0.4 is 10.9 Å². The van der Waals surface area contributed by atoms with Crippen LogP contribution in [0.3, 0.4) is 0 Å². The van der Waals surface area contributed by atoms with Crippen molar-refractivity contribution in [3.63, 3.8) is 0 Å². The molecule has 2 amide bonds. The van der Waals surface area contributed by atoms with Crippen LogP contribution in [0.5, 0.6) is 0 Å². The first kappa shape index (κ1) is 22.8. The summed E-state index contributed by atoms with van der Waals surface area (Å²) in [7, 11) is 0. The molecule has 0 atom stereocenters. The van der Waals surface area contributed by atoms with Crippen molar-refractivity contribution in [3.05, 3.63) is 94.5 Å². The summed E-state index contributed by atoms with van der Waals surface area (Å²) in [4.78, 5) is 24.6. The Morgan fingerprint density at radius 2 is 1.55 bits per heavy atom. The van der Waals surface area contributed by atoms with E-state index < -0.39 is 11.8 Å². The molecular formula is C23H17Cl2N5O2S. The molecule has 33 heavy (non-hydrogen) atoms. The van der Waals surface area contributed by atoms with E-state index in [1.807, 2.05) is 47.0 Å². The minimum absolute atomic E-state index is 0.00832. The molecule has 7 nitrogen and oxygen atoms in total. The fraction of sp³-hybridized carbons (Fsp3) is 0.0435. The van der Waals surface area contributed by atoms with Crippen LogP contribution in [0.1, 0.15) is 10.4 Å². The molecule has 4 rings (SSSR count). The number of carbonyl (C=O) groups is 2. The van der Waals surface area contributed by atoms with Crippen LogP contribution in [0, 0.1) is 0 Å². The highest BCUT2D eigenvalue weighted by Crippen LogP contribution is 2.28. The number of amides is 2. The molecule has 0 aliphatic heterocycles. The maximum absolute atomic E-state index is 12.3. The van der Waals surface area contributed by atoms with E-state index in [1.165, 1.54) is 11.8 Å². The van der Waals surface area contributed by atoms with Gasteiger partial charge in [0.25, 0.3) is 5.91 Å². The highest BCUT2D eigenvalue weighted by molar-refractivity contribution is 7.99. The quantitative estimate of drug-likeness (QED) is 0.295. The van der Waals surface area contributed by atoms with Crippen LogP contribution in [-0.2, 0) is 4.79 Å². The average molecular weight is 498 g/mol. The standard InChI is InChI=1S/C23H17Cl2N5O2S/c24-16-12-10-15(11-13-16)21-27-29-23(30(21)17-6-2-1-3-7-17)33-14-20(31)26-28-22(32)18-8-4-5-9-19(18)25/h1-13H,14H2,(H,26,31)(H,28,32). The third-order valence-corrected chi connectivity index (χ3v) is 6.03. The number of carbonyl (C=O) groups excluding carboxylic acids is 2. The van der Waals surface area contributed by atoms with Gasteiger partial charge in [0.2, 0.25) is 5.91 Å². The van der Waals surface area contributed by atoms with Gasteiger partial charge in [-0.1, -0.05) is 65.3 Å². The van der Waals surface area contributed by atoms with Crippen molar-refractivity contribution >= 4 is 46.8 Å². The molecule has 3 aromatic carbocycles. The predicted molar refractivity (Wildman–Crippen MR) is 130 cm³/mol. The van der Waals surface area contributed by atoms with E-state index in [-0.39, 0.29) is 11.3 Å². The number of hydrogen-bond acceptors (Lipinski definition) is 5. The molecule has 10 heteroatoms. The molecule has 0 fully saturated rings. The molecule has 166 valence electrons. The van der Waals surface area contributed by atoms with Crippen LogP contribution in [0.4, 0.5) is 0 Å². The molecule has 0 aliphatic rings. The van der Waals surface area contributed by atoms with Crippen LogP contribution >= 0.6 is 35.0 Å². The number of nitrogens with one attached hydrogen (secondary N) is 2. The molecule has 0 saturated carbocycles. The lowest BCUT2D eigenvalue weighted by molar-refractivity contribution is -0.119. The van der Waals surface area contributed by atoms with Crippen LogP contribution in [-0.4, -0.2) is 32.3 Å². The second kappa shape index (κ2) is 10.5. The van der Waals surface area contributed by atoms with E-state index in [1.54, 1.807) is 36.4 Å². The number of hydrogen-bond donors (Lipinski definition) is 2. The molecule has 0 saturated heterocycles. The van der Waals surface area contributed by atoms with Crippen LogP contribution in [0.2, 0.25) is 10.0 Å². The van der Waals surface area contributed by atoms with E-state index in [9.17, 15) is 9.59 Å². The van der Waals surface area contributed by atoms with Crippen molar-refractivity contribution < 1.29 is 9.59 Å². The molecule has 1 aromatic heterocycles. The maximum Gasteiger partial charge on any atom is 0.271 e. The van der Waals surface area contributed by atoms with Gasteiger partial charge in [0.05, 0.1) is 16.3 Å². The lowest BCUT2D eigenvalue weighted by Gasteiger charge is -2.11. The van der Waals surface area contributed by atoms with E-state index in [0.29, 0.717) is 21.0 Å². The lowest BCUT2D eigenvalue weighted by atomic mass is 10.2. The van der Waals surface area contributed by atoms with Crippen molar-refractivity contribution in [1.29, 1.82) is 0 Å². The number of benzene rings is 3. The fourth-order valence-electron chi connectivity index (χ4n) is 2.96. The molecule has 0 spiro atoms. The Labute approximate surface area is 204 Å². The van der Waals surface area contributed by atoms with Crippen LogP contribution in [0.25, 0.3) is 17.1 Å². The van der Waals surface area contributed by atoms with Crippen molar-refractivity contribution in [2.75, 3.05) is 5.75 Å². The Bertz CT molecular complexity index is 1280. The van der Waals surface area contributed by atoms with E-state index in [4.69, 9.17) is 23.2 Å². The topological polar surface area (TPSA) is 88.9 Å². The van der Waals surface area contributed by atoms with Gasteiger partial charge in [0.1, 0.15) is 0 Å². The number of para-hydroxylation sites is 1. The smallest absolute Gasteiger partial charge is 0.271 e. The number of halogens is 2. The van der Waals surface area contributed by atoms with Gasteiger partial charge in [-0.15, -0.1) is 10.2 Å². The Kier molecular flexibility index (Phi) is 7.29. The van der Waals surface area contributed by atoms with Gasteiger partial charge in [-0.25, -0.2) is 0 Å². The highest BCUT2D eigenvalue weighted by atomic mass is 35.5. The van der Waals surface area contributed by atoms with Gasteiger partial charge >= 0.3 is 0 Å². The first-order valence-corrected chi connectivity index (χ1v) is 11.5. The third kappa shape index (κ3) is 5.54. The van der Waals surface area contributed by atoms with E-state index in [2.05, 4.69) is 21.0 Å². The molecule has 1 heterocycles. The first-order valence-electron chi connectivity index (χ1n) is 9.76. The first-order chi connectivity index (χ1) is 16.0. The Hall–Kier alpha value is -3.33. The zero-order chi connectivity index (χ0) is 23.2. The SMILES string of the molecule is O=C(CSc1nnc(-c2ccc(Cl)cc2)n1-c1ccccc1)NNC(=O)c1ccccc1Cl. The predicted octanol–water partition coefficient (Wildman–Crippen LogP) is 4.79. The summed E-state index contributed by atoms with van der Waals surface area (Å²) in [5.41, 5.74) is 6.71. The highest BCUT2D eigenvalue weighted by Gasteiger charge is 2.18. The largest absolute Gasteiger partial charge is 0.272 e. The fourth-order valence-corrected chi connectivity index (χ4v) is 4.06. The van der Waals surface area contributed by atoms with Gasteiger partial charge in [-0.05, 0) is 48.5 Å². The molecule has 0 radical (unpaired) electrons. The minimum Gasteiger partial charge on any atom is -0.272 e. The lowest BCUT2D eigenvalue weighted by Crippen LogP contribution is -2.42. The normalized spacial score (nSPS) is 10.6. The number of nitrogens with zero attached hydrogens (tertiary/aromatic N) is 3. The zero-order valence-electron chi connectivity index (χ0n) is 17.0. The van der Waals surface area contributed by atoms with Gasteiger partial charge < -0.3 is 0 Å². The van der Waals surface area contributed by atoms with Gasteiger partial charge in [0.15, 0.2) is 11.0 Å². The van der Waals surface area contributed by atoms with Crippen molar-refractivity contribution in [3.8, 4) is 17.1 Å². The number of hydrazine groups is 1. The summed E-state index contributed by atoms with van der Waals surface area (Å²) in [5, 5.41) is 10.0. The molecule has 2 N–H and O–H groups in total. The van der Waals surface area contributed by atoms with E-state index in [0.717, 1.165) is 11.3 Å². The average Bonchev–Trinajstić information content (AvgIpc) is 3.26. The Morgan fingerprint density at radius 3 is 2.27 bits per heavy atom. The summed E-state index contributed by atoms with van der Waals surface area (Å²) in [5.74, 6) is -0.283. The number of rotatable bonds is 6. The number of thioether (sulfide) groups is 1. The molecular weight excluding hydrogens is 481 g/mol. The van der Waals surface area contributed by atoms with Crippen molar-refractivity contribution in [1.82, 2.24) is 25.6 Å². The Balaban J connectivity index is 1.48.